The number of benzene rings is 8. The molecule has 192 valence electrons. The molecule has 0 radical (unpaired) electrons. The lowest BCUT2D eigenvalue weighted by Crippen LogP contribution is -1.89. The van der Waals surface area contributed by atoms with Gasteiger partial charge in [-0.05, 0) is 123 Å². The van der Waals surface area contributed by atoms with Crippen molar-refractivity contribution in [2.24, 2.45) is 0 Å². The molecule has 42 heavy (non-hydrogen) atoms. The molecule has 0 saturated heterocycles. The first-order valence-electron chi connectivity index (χ1n) is 14.7. The molecule has 0 aromatic heterocycles. The highest BCUT2D eigenvalue weighted by molar-refractivity contribution is 6.17. The van der Waals surface area contributed by atoms with Crippen LogP contribution in [0.15, 0.2) is 146 Å². The fourth-order valence-corrected chi connectivity index (χ4v) is 7.64. The lowest BCUT2D eigenvalue weighted by molar-refractivity contribution is 1.60. The maximum atomic E-state index is 2.42. The van der Waals surface area contributed by atoms with Crippen LogP contribution in [0.1, 0.15) is 0 Å². The van der Waals surface area contributed by atoms with Gasteiger partial charge in [-0.1, -0.05) is 121 Å². The average molecular weight is 529 g/mol. The van der Waals surface area contributed by atoms with Crippen LogP contribution in [0.3, 0.4) is 0 Å². The van der Waals surface area contributed by atoms with Gasteiger partial charge in [-0.2, -0.15) is 0 Å². The molecule has 0 heteroatoms. The van der Waals surface area contributed by atoms with Gasteiger partial charge in [-0.3, -0.25) is 0 Å². The van der Waals surface area contributed by atoms with Gasteiger partial charge in [-0.15, -0.1) is 0 Å². The molecule has 0 spiro atoms. The maximum Gasteiger partial charge on any atom is -0.00264 e. The molecule has 8 aromatic carbocycles. The molecule has 0 aliphatic heterocycles. The molecule has 0 bridgehead atoms. The maximum absolute atomic E-state index is 2.42. The van der Waals surface area contributed by atoms with Gasteiger partial charge in [0, 0.05) is 0 Å². The van der Waals surface area contributed by atoms with E-state index < -0.39 is 0 Å². The highest BCUT2D eigenvalue weighted by Gasteiger charge is 2.24. The summed E-state index contributed by atoms with van der Waals surface area (Å²) in [6, 6.07) is 54.4. The normalized spacial score (nSPS) is 12.3. The minimum atomic E-state index is 1.25. The van der Waals surface area contributed by atoms with E-state index >= 15 is 0 Å². The van der Waals surface area contributed by atoms with Crippen molar-refractivity contribution < 1.29 is 0 Å². The highest BCUT2D eigenvalue weighted by Crippen LogP contribution is 2.51. The van der Waals surface area contributed by atoms with E-state index in [9.17, 15) is 0 Å². The van der Waals surface area contributed by atoms with Crippen molar-refractivity contribution in [2.45, 2.75) is 0 Å². The number of rotatable bonds is 2. The molecular weight excluding hydrogens is 504 g/mol. The van der Waals surface area contributed by atoms with Gasteiger partial charge < -0.3 is 0 Å². The molecule has 2 aliphatic carbocycles. The quantitative estimate of drug-likeness (QED) is 0.209. The Bertz CT molecular complexity index is 2270. The Labute approximate surface area is 244 Å². The summed E-state index contributed by atoms with van der Waals surface area (Å²) in [5.41, 5.74) is 15.7. The van der Waals surface area contributed by atoms with E-state index in [4.69, 9.17) is 0 Å². The van der Waals surface area contributed by atoms with E-state index in [-0.39, 0.29) is 0 Å². The molecular formula is C42H24. The molecule has 10 rings (SSSR count). The Morgan fingerprint density at radius 3 is 1.02 bits per heavy atom. The minimum absolute atomic E-state index is 1.25. The van der Waals surface area contributed by atoms with Crippen LogP contribution < -0.4 is 0 Å². The molecule has 0 amide bonds. The lowest BCUT2D eigenvalue weighted by Gasteiger charge is -2.15. The summed E-state index contributed by atoms with van der Waals surface area (Å²) in [4.78, 5) is 0. The molecule has 0 heterocycles. The summed E-state index contributed by atoms with van der Waals surface area (Å²) in [6.07, 6.45) is 0. The summed E-state index contributed by atoms with van der Waals surface area (Å²) >= 11 is 0. The van der Waals surface area contributed by atoms with Crippen LogP contribution in [-0.4, -0.2) is 0 Å². The zero-order valence-electron chi connectivity index (χ0n) is 22.9. The Morgan fingerprint density at radius 2 is 0.595 bits per heavy atom. The molecule has 0 fully saturated rings. The lowest BCUT2D eigenvalue weighted by atomic mass is 9.88. The van der Waals surface area contributed by atoms with Crippen molar-refractivity contribution in [3.05, 3.63) is 146 Å². The van der Waals surface area contributed by atoms with E-state index in [1.807, 2.05) is 0 Å². The summed E-state index contributed by atoms with van der Waals surface area (Å²) < 4.78 is 0. The van der Waals surface area contributed by atoms with Crippen LogP contribution in [0.5, 0.6) is 0 Å². The zero-order chi connectivity index (χ0) is 27.4. The van der Waals surface area contributed by atoms with Crippen molar-refractivity contribution in [1.29, 1.82) is 0 Å². The second kappa shape index (κ2) is 8.06. The fourth-order valence-electron chi connectivity index (χ4n) is 7.64. The third kappa shape index (κ3) is 2.91. The van der Waals surface area contributed by atoms with Gasteiger partial charge in [0.1, 0.15) is 0 Å². The van der Waals surface area contributed by atoms with Crippen molar-refractivity contribution in [1.82, 2.24) is 0 Å². The average Bonchev–Trinajstić information content (AvgIpc) is 3.55. The van der Waals surface area contributed by atoms with E-state index in [1.54, 1.807) is 0 Å². The van der Waals surface area contributed by atoms with Crippen molar-refractivity contribution in [3.8, 4) is 66.8 Å². The smallest absolute Gasteiger partial charge is 0.00264 e. The number of fused-ring (bicyclic) bond motifs is 7. The largest absolute Gasteiger partial charge is 0.0616 e. The van der Waals surface area contributed by atoms with Crippen LogP contribution in [0, 0.1) is 0 Å². The van der Waals surface area contributed by atoms with Crippen LogP contribution in [0.25, 0.3) is 99.1 Å². The second-order valence-corrected chi connectivity index (χ2v) is 11.7. The van der Waals surface area contributed by atoms with Crippen LogP contribution in [-0.2, 0) is 0 Å². The van der Waals surface area contributed by atoms with Gasteiger partial charge in [0.15, 0.2) is 0 Å². The Hall–Kier alpha value is -5.46. The molecule has 0 nitrogen and oxygen atoms in total. The Morgan fingerprint density at radius 1 is 0.214 bits per heavy atom. The number of hydrogen-bond acceptors (Lipinski definition) is 0. The topological polar surface area (TPSA) is 0 Å². The van der Waals surface area contributed by atoms with E-state index in [2.05, 4.69) is 146 Å². The molecule has 0 atom stereocenters. The van der Waals surface area contributed by atoms with Crippen molar-refractivity contribution >= 4 is 32.3 Å². The molecule has 0 N–H and O–H groups in total. The van der Waals surface area contributed by atoms with Crippen molar-refractivity contribution in [2.75, 3.05) is 0 Å². The molecule has 8 aromatic rings. The third-order valence-electron chi connectivity index (χ3n) is 9.52. The van der Waals surface area contributed by atoms with Crippen LogP contribution in [0.4, 0.5) is 0 Å². The van der Waals surface area contributed by atoms with Gasteiger partial charge in [-0.25, -0.2) is 0 Å². The summed E-state index contributed by atoms with van der Waals surface area (Å²) in [6.45, 7) is 0. The summed E-state index contributed by atoms with van der Waals surface area (Å²) in [5.74, 6) is 0. The Balaban J connectivity index is 1.21. The third-order valence-corrected chi connectivity index (χ3v) is 9.52. The predicted octanol–water partition coefficient (Wildman–Crippen LogP) is 11.8. The van der Waals surface area contributed by atoms with Crippen LogP contribution >= 0.6 is 0 Å². The van der Waals surface area contributed by atoms with Gasteiger partial charge in [0.2, 0.25) is 0 Å². The first-order valence-corrected chi connectivity index (χ1v) is 14.7. The monoisotopic (exact) mass is 528 g/mol. The summed E-state index contributed by atoms with van der Waals surface area (Å²) in [5, 5.41) is 7.89. The predicted molar refractivity (Wildman–Crippen MR) is 179 cm³/mol. The first kappa shape index (κ1) is 22.3. The van der Waals surface area contributed by atoms with Gasteiger partial charge in [0.05, 0.1) is 0 Å². The van der Waals surface area contributed by atoms with Gasteiger partial charge in [0.25, 0.3) is 0 Å². The number of hydrogen-bond donors (Lipinski definition) is 0. The second-order valence-electron chi connectivity index (χ2n) is 11.7. The summed E-state index contributed by atoms with van der Waals surface area (Å²) in [7, 11) is 0. The minimum Gasteiger partial charge on any atom is -0.0616 e. The van der Waals surface area contributed by atoms with Gasteiger partial charge >= 0.3 is 0 Å². The molecule has 2 aliphatic rings. The highest BCUT2D eigenvalue weighted by atomic mass is 14.3. The Kier molecular flexibility index (Phi) is 4.27. The van der Waals surface area contributed by atoms with E-state index in [0.29, 0.717) is 0 Å². The fraction of sp³-hybridized carbons (Fsp3) is 0. The zero-order valence-corrected chi connectivity index (χ0v) is 22.9. The van der Waals surface area contributed by atoms with E-state index in [1.165, 1.54) is 99.1 Å². The molecule has 0 unspecified atom stereocenters. The van der Waals surface area contributed by atoms with Crippen molar-refractivity contribution in [3.63, 3.8) is 0 Å². The molecule has 0 saturated carbocycles. The van der Waals surface area contributed by atoms with E-state index in [0.717, 1.165) is 0 Å². The standard InChI is InChI=1S/C42H24/c1-2-8-28-22-38(30-18-20-32-34-14-4-10-26-12-6-16-36(42(26)34)40(32)24-30)37(21-27(28)7-1)29-17-19-31-33-13-3-9-25-11-5-15-35(41(25)33)39(31)23-29/h1-24H. The van der Waals surface area contributed by atoms with Crippen LogP contribution in [0.2, 0.25) is 0 Å². The first-order chi connectivity index (χ1) is 20.8. The SMILES string of the molecule is c1ccc2cc(-c3ccc4c(c3)-c3cccc5cccc-4c35)c(-c3ccc4c(c3)-c3cccc5cccc-4c35)cc2c1.